The molecule has 0 saturated heterocycles. The fourth-order valence-corrected chi connectivity index (χ4v) is 4.56. The fraction of sp³-hybridized carbons (Fsp3) is 0.0556. The normalized spacial score (nSPS) is 13.8. The summed E-state index contributed by atoms with van der Waals surface area (Å²) in [7, 11) is -2.36. The second-order valence-corrected chi connectivity index (χ2v) is 9.17. The molecule has 126 valence electrons. The van der Waals surface area contributed by atoms with Crippen LogP contribution in [0.4, 0.5) is 11.5 Å². The Kier molecular flexibility index (Phi) is 3.63. The summed E-state index contributed by atoms with van der Waals surface area (Å²) in [4.78, 5) is 8.43. The van der Waals surface area contributed by atoms with Crippen LogP contribution in [0.25, 0.3) is 31.4 Å². The first-order chi connectivity index (χ1) is 11.9. The van der Waals surface area contributed by atoms with E-state index < -0.39 is 9.71 Å². The van der Waals surface area contributed by atoms with Crippen LogP contribution in [0.5, 0.6) is 0 Å². The minimum Gasteiger partial charge on any atom is -0.382 e. The van der Waals surface area contributed by atoms with Crippen molar-refractivity contribution in [2.24, 2.45) is 0 Å². The molecule has 5 nitrogen and oxygen atoms in total. The van der Waals surface area contributed by atoms with Crippen LogP contribution >= 0.6 is 11.3 Å². The van der Waals surface area contributed by atoms with E-state index in [4.69, 9.17) is 5.73 Å². The van der Waals surface area contributed by atoms with Crippen LogP contribution in [0.1, 0.15) is 0 Å². The smallest absolute Gasteiger partial charge is 0.144 e. The van der Waals surface area contributed by atoms with E-state index in [9.17, 15) is 4.21 Å². The molecule has 25 heavy (non-hydrogen) atoms. The molecule has 2 aromatic heterocycles. The molecule has 1 unspecified atom stereocenters. The summed E-state index contributed by atoms with van der Waals surface area (Å²) in [5.41, 5.74) is 9.64. The molecule has 0 aliphatic rings. The zero-order valence-corrected chi connectivity index (χ0v) is 15.2. The molecule has 0 fully saturated rings. The molecule has 0 radical (unpaired) electrons. The minimum absolute atomic E-state index is 0.498. The van der Waals surface area contributed by atoms with E-state index in [1.165, 1.54) is 6.33 Å². The van der Waals surface area contributed by atoms with Gasteiger partial charge in [0.05, 0.1) is 15.9 Å². The quantitative estimate of drug-likeness (QED) is 0.540. The number of nitrogens with one attached hydrogen (secondary N) is 1. The summed E-state index contributed by atoms with van der Waals surface area (Å²) in [6.07, 6.45) is 3.07. The molecule has 2 heterocycles. The number of thiophene rings is 1. The number of para-hydroxylation sites is 1. The summed E-state index contributed by atoms with van der Waals surface area (Å²) in [5, 5.41) is 1.06. The van der Waals surface area contributed by atoms with Crippen molar-refractivity contribution in [3.8, 4) is 11.1 Å². The number of anilines is 2. The van der Waals surface area contributed by atoms with E-state index in [-0.39, 0.29) is 0 Å². The van der Waals surface area contributed by atoms with E-state index in [1.54, 1.807) is 17.6 Å². The van der Waals surface area contributed by atoms with Gasteiger partial charge in [-0.3, -0.25) is 0 Å². The molecule has 0 aliphatic heterocycles. The molecular weight excluding hydrogens is 352 g/mol. The highest BCUT2D eigenvalue weighted by molar-refractivity contribution is 8.00. The van der Waals surface area contributed by atoms with Gasteiger partial charge in [0.2, 0.25) is 0 Å². The molecule has 1 atom stereocenters. The largest absolute Gasteiger partial charge is 0.382 e. The number of hydrogen-bond acceptors (Lipinski definition) is 5. The summed E-state index contributed by atoms with van der Waals surface area (Å²) in [6.45, 7) is 0. The molecule has 0 bridgehead atoms. The lowest BCUT2D eigenvalue weighted by atomic mass is 10.0. The third-order valence-electron chi connectivity index (χ3n) is 3.84. The molecule has 4 aromatic rings. The SMILES string of the molecule is C=S(C)(=O)Nc1ccccc1-c1ccc2c(c1)sc1c(N)ncnc12. The Labute approximate surface area is 149 Å². The molecule has 7 heteroatoms. The zero-order chi connectivity index (χ0) is 17.6. The molecular formula is C18H16N4OS2. The van der Waals surface area contributed by atoms with Crippen molar-refractivity contribution in [3.63, 3.8) is 0 Å². The first-order valence-electron chi connectivity index (χ1n) is 7.54. The maximum absolute atomic E-state index is 12.1. The third kappa shape index (κ3) is 2.92. The maximum Gasteiger partial charge on any atom is 0.144 e. The van der Waals surface area contributed by atoms with E-state index in [0.29, 0.717) is 5.82 Å². The Morgan fingerprint density at radius 1 is 1.20 bits per heavy atom. The van der Waals surface area contributed by atoms with Gasteiger partial charge >= 0.3 is 0 Å². The number of rotatable bonds is 3. The van der Waals surface area contributed by atoms with Crippen LogP contribution < -0.4 is 10.5 Å². The number of aromatic nitrogens is 2. The summed E-state index contributed by atoms with van der Waals surface area (Å²) >= 11 is 1.58. The highest BCUT2D eigenvalue weighted by Crippen LogP contribution is 2.38. The second-order valence-electron chi connectivity index (χ2n) is 5.90. The minimum atomic E-state index is -2.36. The van der Waals surface area contributed by atoms with Gasteiger partial charge in [0.25, 0.3) is 0 Å². The summed E-state index contributed by atoms with van der Waals surface area (Å²) in [6, 6.07) is 13.9. The van der Waals surface area contributed by atoms with Crippen molar-refractivity contribution in [2.75, 3.05) is 16.7 Å². The van der Waals surface area contributed by atoms with Gasteiger partial charge in [0, 0.05) is 31.6 Å². The van der Waals surface area contributed by atoms with E-state index >= 15 is 0 Å². The number of hydrogen-bond donors (Lipinski definition) is 2. The van der Waals surface area contributed by atoms with Crippen LogP contribution in [0.2, 0.25) is 0 Å². The number of nitrogens with zero attached hydrogens (tertiary/aromatic N) is 2. The van der Waals surface area contributed by atoms with Crippen molar-refractivity contribution in [2.45, 2.75) is 0 Å². The van der Waals surface area contributed by atoms with E-state index in [0.717, 1.165) is 37.1 Å². The van der Waals surface area contributed by atoms with Gasteiger partial charge in [0.15, 0.2) is 0 Å². The molecule has 0 saturated carbocycles. The lowest BCUT2D eigenvalue weighted by Gasteiger charge is -2.13. The number of fused-ring (bicyclic) bond motifs is 3. The number of benzene rings is 2. The van der Waals surface area contributed by atoms with Crippen molar-refractivity contribution < 1.29 is 4.21 Å². The summed E-state index contributed by atoms with van der Waals surface area (Å²) in [5.74, 6) is 4.18. The van der Waals surface area contributed by atoms with Crippen molar-refractivity contribution in [3.05, 3.63) is 48.8 Å². The van der Waals surface area contributed by atoms with Crippen molar-refractivity contribution in [1.82, 2.24) is 9.97 Å². The van der Waals surface area contributed by atoms with Crippen molar-refractivity contribution >= 4 is 58.7 Å². The lowest BCUT2D eigenvalue weighted by molar-refractivity contribution is 0.688. The molecule has 2 aromatic carbocycles. The second kappa shape index (κ2) is 5.72. The summed E-state index contributed by atoms with van der Waals surface area (Å²) < 4.78 is 17.1. The standard InChI is InChI=1S/C18H16N4OS2/c1-25(2,23)22-14-6-4-3-5-12(14)11-7-8-13-15(9-11)24-17-16(13)20-10-21-18(17)19/h3-10H,1H2,2H3,(H,22,23)(H2,19,20,21). The van der Waals surface area contributed by atoms with Gasteiger partial charge in [0.1, 0.15) is 12.1 Å². The zero-order valence-electron chi connectivity index (χ0n) is 13.5. The van der Waals surface area contributed by atoms with Crippen LogP contribution in [0.15, 0.2) is 48.8 Å². The fourth-order valence-electron chi connectivity index (χ4n) is 2.82. The molecule has 4 rings (SSSR count). The predicted octanol–water partition coefficient (Wildman–Crippen LogP) is 3.77. The Balaban J connectivity index is 1.91. The average molecular weight is 368 g/mol. The topological polar surface area (TPSA) is 80.9 Å². The van der Waals surface area contributed by atoms with Crippen LogP contribution in [-0.2, 0) is 9.71 Å². The third-order valence-corrected chi connectivity index (χ3v) is 5.66. The highest BCUT2D eigenvalue weighted by Gasteiger charge is 2.12. The molecule has 0 spiro atoms. The number of nitrogens with two attached hydrogens (primary N) is 1. The van der Waals surface area contributed by atoms with E-state index in [1.807, 2.05) is 36.4 Å². The van der Waals surface area contributed by atoms with Gasteiger partial charge in [-0.15, -0.1) is 11.3 Å². The molecule has 0 aliphatic carbocycles. The first kappa shape index (κ1) is 15.9. The van der Waals surface area contributed by atoms with Crippen LogP contribution in [0, 0.1) is 0 Å². The first-order valence-corrected chi connectivity index (χ1v) is 10.5. The monoisotopic (exact) mass is 368 g/mol. The van der Waals surface area contributed by atoms with Crippen LogP contribution in [0.3, 0.4) is 0 Å². The average Bonchev–Trinajstić information content (AvgIpc) is 2.93. The Morgan fingerprint density at radius 3 is 2.80 bits per heavy atom. The van der Waals surface area contributed by atoms with Gasteiger partial charge in [-0.2, -0.15) is 0 Å². The highest BCUT2D eigenvalue weighted by atomic mass is 32.2. The molecule has 3 N–H and O–H groups in total. The van der Waals surface area contributed by atoms with E-state index in [2.05, 4.69) is 26.6 Å². The molecule has 0 amide bonds. The van der Waals surface area contributed by atoms with Gasteiger partial charge in [-0.1, -0.05) is 30.3 Å². The van der Waals surface area contributed by atoms with Crippen LogP contribution in [-0.4, -0.2) is 26.3 Å². The Morgan fingerprint density at radius 2 is 2.00 bits per heavy atom. The van der Waals surface area contributed by atoms with Gasteiger partial charge in [-0.05, 0) is 23.6 Å². The Hall–Kier alpha value is -2.64. The lowest BCUT2D eigenvalue weighted by Crippen LogP contribution is -2.10. The van der Waals surface area contributed by atoms with Gasteiger partial charge in [-0.25, -0.2) is 14.2 Å². The number of nitrogen functional groups attached to an aromatic ring is 1. The van der Waals surface area contributed by atoms with Crippen molar-refractivity contribution in [1.29, 1.82) is 0 Å². The Bertz CT molecular complexity index is 1210. The van der Waals surface area contributed by atoms with Gasteiger partial charge < -0.3 is 10.5 Å². The predicted molar refractivity (Wildman–Crippen MR) is 110 cm³/mol. The maximum atomic E-state index is 12.1.